The van der Waals surface area contributed by atoms with Gasteiger partial charge in [-0.25, -0.2) is 0 Å². The van der Waals surface area contributed by atoms with Crippen LogP contribution in [0.5, 0.6) is 5.75 Å². The summed E-state index contributed by atoms with van der Waals surface area (Å²) in [5.41, 5.74) is 4.08. The van der Waals surface area contributed by atoms with Crippen LogP contribution in [0, 0.1) is 19.8 Å². The molecule has 27 heavy (non-hydrogen) atoms. The van der Waals surface area contributed by atoms with Gasteiger partial charge in [0.1, 0.15) is 5.75 Å². The summed E-state index contributed by atoms with van der Waals surface area (Å²) in [4.78, 5) is 23.9. The van der Waals surface area contributed by atoms with E-state index >= 15 is 0 Å². The minimum absolute atomic E-state index is 0.0254. The summed E-state index contributed by atoms with van der Waals surface area (Å²) in [6.07, 6.45) is 1.97. The normalized spacial score (nSPS) is 14.3. The fourth-order valence-corrected chi connectivity index (χ4v) is 2.76. The van der Waals surface area contributed by atoms with Crippen molar-refractivity contribution in [3.05, 3.63) is 59.2 Å². The van der Waals surface area contributed by atoms with Crippen LogP contribution in [0.3, 0.4) is 0 Å². The molecule has 0 spiro atoms. The minimum Gasteiger partial charge on any atom is -0.484 e. The van der Waals surface area contributed by atoms with Crippen LogP contribution in [0.1, 0.15) is 42.5 Å². The van der Waals surface area contributed by atoms with Crippen molar-refractivity contribution >= 4 is 17.5 Å². The molecule has 5 heteroatoms. The zero-order valence-corrected chi connectivity index (χ0v) is 16.0. The second-order valence-corrected chi connectivity index (χ2v) is 7.21. The third kappa shape index (κ3) is 5.33. The third-order valence-electron chi connectivity index (χ3n) is 4.85. The molecule has 0 saturated heterocycles. The number of hydrogen-bond donors (Lipinski definition) is 2. The number of rotatable bonds is 7. The number of anilines is 1. The SMILES string of the molecule is Cc1ccc(OCC(=O)NC(C)c2ccc(NC(=O)C3CC3)cc2)cc1C. The van der Waals surface area contributed by atoms with Crippen molar-refractivity contribution in [3.8, 4) is 5.75 Å². The average molecular weight is 366 g/mol. The molecule has 0 aliphatic heterocycles. The van der Waals surface area contributed by atoms with E-state index < -0.39 is 0 Å². The molecule has 1 aliphatic carbocycles. The second-order valence-electron chi connectivity index (χ2n) is 7.21. The molecule has 3 rings (SSSR count). The number of carbonyl (C=O) groups is 2. The van der Waals surface area contributed by atoms with E-state index in [0.29, 0.717) is 5.75 Å². The van der Waals surface area contributed by atoms with Crippen LogP contribution >= 0.6 is 0 Å². The first-order chi connectivity index (χ1) is 12.9. The summed E-state index contributed by atoms with van der Waals surface area (Å²) >= 11 is 0. The smallest absolute Gasteiger partial charge is 0.258 e. The average Bonchev–Trinajstić information content (AvgIpc) is 3.48. The maximum Gasteiger partial charge on any atom is 0.258 e. The van der Waals surface area contributed by atoms with Crippen molar-refractivity contribution < 1.29 is 14.3 Å². The number of carbonyl (C=O) groups excluding carboxylic acids is 2. The molecule has 0 aromatic heterocycles. The van der Waals surface area contributed by atoms with E-state index in [1.807, 2.05) is 63.2 Å². The number of aryl methyl sites for hydroxylation is 2. The van der Waals surface area contributed by atoms with Crippen LogP contribution in [-0.4, -0.2) is 18.4 Å². The zero-order valence-electron chi connectivity index (χ0n) is 16.0. The Labute approximate surface area is 160 Å². The van der Waals surface area contributed by atoms with Gasteiger partial charge in [0.15, 0.2) is 6.61 Å². The number of amides is 2. The molecular weight excluding hydrogens is 340 g/mol. The molecule has 0 bridgehead atoms. The van der Waals surface area contributed by atoms with Gasteiger partial charge in [0.25, 0.3) is 5.91 Å². The number of ether oxygens (including phenoxy) is 1. The minimum atomic E-state index is -0.174. The molecule has 1 unspecified atom stereocenters. The highest BCUT2D eigenvalue weighted by Gasteiger charge is 2.29. The standard InChI is InChI=1S/C22H26N2O3/c1-14-4-11-20(12-15(14)2)27-13-21(25)23-16(3)17-7-9-19(10-8-17)24-22(26)18-5-6-18/h4,7-12,16,18H,5-6,13H2,1-3H3,(H,23,25)(H,24,26). The molecule has 142 valence electrons. The zero-order chi connectivity index (χ0) is 19.4. The molecule has 1 saturated carbocycles. The first kappa shape index (κ1) is 19.0. The number of hydrogen-bond acceptors (Lipinski definition) is 3. The van der Waals surface area contributed by atoms with Gasteiger partial charge in [-0.15, -0.1) is 0 Å². The molecular formula is C22H26N2O3. The van der Waals surface area contributed by atoms with Gasteiger partial charge in [-0.05, 0) is 74.6 Å². The lowest BCUT2D eigenvalue weighted by molar-refractivity contribution is -0.123. The Kier molecular flexibility index (Phi) is 5.79. The summed E-state index contributed by atoms with van der Waals surface area (Å²) in [5, 5.41) is 5.84. The highest BCUT2D eigenvalue weighted by Crippen LogP contribution is 2.30. The maximum absolute atomic E-state index is 12.2. The predicted molar refractivity (Wildman–Crippen MR) is 106 cm³/mol. The Morgan fingerprint density at radius 2 is 1.78 bits per heavy atom. The van der Waals surface area contributed by atoms with Gasteiger partial charge in [0.05, 0.1) is 6.04 Å². The van der Waals surface area contributed by atoms with Crippen molar-refractivity contribution in [1.82, 2.24) is 5.32 Å². The van der Waals surface area contributed by atoms with E-state index in [1.54, 1.807) is 0 Å². The van der Waals surface area contributed by atoms with Crippen molar-refractivity contribution in [2.24, 2.45) is 5.92 Å². The molecule has 1 fully saturated rings. The lowest BCUT2D eigenvalue weighted by Crippen LogP contribution is -2.31. The number of nitrogens with one attached hydrogen (secondary N) is 2. The first-order valence-corrected chi connectivity index (χ1v) is 9.32. The molecule has 1 atom stereocenters. The van der Waals surface area contributed by atoms with E-state index in [4.69, 9.17) is 4.74 Å². The molecule has 2 aromatic carbocycles. The monoisotopic (exact) mass is 366 g/mol. The van der Waals surface area contributed by atoms with Crippen LogP contribution in [0.25, 0.3) is 0 Å². The van der Waals surface area contributed by atoms with Crippen LogP contribution < -0.4 is 15.4 Å². The Balaban J connectivity index is 1.48. The highest BCUT2D eigenvalue weighted by atomic mass is 16.5. The molecule has 0 heterocycles. The van der Waals surface area contributed by atoms with Crippen LogP contribution in [0.2, 0.25) is 0 Å². The van der Waals surface area contributed by atoms with Crippen LogP contribution in [-0.2, 0) is 9.59 Å². The lowest BCUT2D eigenvalue weighted by Gasteiger charge is -2.16. The molecule has 2 aromatic rings. The topological polar surface area (TPSA) is 67.4 Å². The molecule has 2 N–H and O–H groups in total. The fraction of sp³-hybridized carbons (Fsp3) is 0.364. The van der Waals surface area contributed by atoms with Gasteiger partial charge in [0, 0.05) is 11.6 Å². The van der Waals surface area contributed by atoms with Gasteiger partial charge in [-0.3, -0.25) is 9.59 Å². The van der Waals surface area contributed by atoms with Gasteiger partial charge < -0.3 is 15.4 Å². The molecule has 1 aliphatic rings. The Bertz CT molecular complexity index is 826. The maximum atomic E-state index is 12.2. The second kappa shape index (κ2) is 8.25. The van der Waals surface area contributed by atoms with Gasteiger partial charge >= 0.3 is 0 Å². The van der Waals surface area contributed by atoms with Crippen LogP contribution in [0.15, 0.2) is 42.5 Å². The Morgan fingerprint density at radius 1 is 1.07 bits per heavy atom. The summed E-state index contributed by atoms with van der Waals surface area (Å²) < 4.78 is 5.57. The van der Waals surface area contributed by atoms with E-state index in [9.17, 15) is 9.59 Å². The van der Waals surface area contributed by atoms with Crippen molar-refractivity contribution in [2.75, 3.05) is 11.9 Å². The van der Waals surface area contributed by atoms with Gasteiger partial charge in [0.2, 0.25) is 5.91 Å². The lowest BCUT2D eigenvalue weighted by atomic mass is 10.1. The van der Waals surface area contributed by atoms with Crippen molar-refractivity contribution in [2.45, 2.75) is 39.7 Å². The molecule has 0 radical (unpaired) electrons. The fourth-order valence-electron chi connectivity index (χ4n) is 2.76. The quantitative estimate of drug-likeness (QED) is 0.781. The van der Waals surface area contributed by atoms with E-state index in [-0.39, 0.29) is 30.4 Å². The van der Waals surface area contributed by atoms with E-state index in [0.717, 1.165) is 29.7 Å². The first-order valence-electron chi connectivity index (χ1n) is 9.32. The molecule has 5 nitrogen and oxygen atoms in total. The predicted octanol–water partition coefficient (Wildman–Crippen LogP) is 3.91. The van der Waals surface area contributed by atoms with Gasteiger partial charge in [-0.1, -0.05) is 18.2 Å². The van der Waals surface area contributed by atoms with E-state index in [1.165, 1.54) is 5.56 Å². The Morgan fingerprint density at radius 3 is 2.41 bits per heavy atom. The Hall–Kier alpha value is -2.82. The summed E-state index contributed by atoms with van der Waals surface area (Å²) in [5.74, 6) is 0.788. The summed E-state index contributed by atoms with van der Waals surface area (Å²) in [6, 6.07) is 13.2. The number of benzene rings is 2. The summed E-state index contributed by atoms with van der Waals surface area (Å²) in [7, 11) is 0. The summed E-state index contributed by atoms with van der Waals surface area (Å²) in [6.45, 7) is 5.95. The van der Waals surface area contributed by atoms with Gasteiger partial charge in [-0.2, -0.15) is 0 Å². The largest absolute Gasteiger partial charge is 0.484 e. The third-order valence-corrected chi connectivity index (χ3v) is 4.85. The van der Waals surface area contributed by atoms with Crippen LogP contribution in [0.4, 0.5) is 5.69 Å². The van der Waals surface area contributed by atoms with Crippen molar-refractivity contribution in [1.29, 1.82) is 0 Å². The van der Waals surface area contributed by atoms with Crippen molar-refractivity contribution in [3.63, 3.8) is 0 Å². The highest BCUT2D eigenvalue weighted by molar-refractivity contribution is 5.94. The van der Waals surface area contributed by atoms with E-state index in [2.05, 4.69) is 10.6 Å². The molecule has 2 amide bonds.